The van der Waals surface area contributed by atoms with Crippen LogP contribution >= 0.6 is 23.1 Å². The van der Waals surface area contributed by atoms with Gasteiger partial charge in [0, 0.05) is 25.0 Å². The fourth-order valence-corrected chi connectivity index (χ4v) is 4.28. The van der Waals surface area contributed by atoms with Gasteiger partial charge in [0.15, 0.2) is 0 Å². The molecule has 1 N–H and O–H groups in total. The second-order valence-electron chi connectivity index (χ2n) is 5.47. The number of carbonyl (C=O) groups is 3. The molecule has 0 aromatic carbocycles. The molecule has 0 aliphatic carbocycles. The molecular formula is C15H20N2O4S2. The van der Waals surface area contributed by atoms with Crippen LogP contribution in [0.3, 0.4) is 0 Å². The molecule has 0 atom stereocenters. The minimum atomic E-state index is -0.799. The van der Waals surface area contributed by atoms with E-state index in [9.17, 15) is 14.4 Å². The molecule has 2 amide bonds. The fraction of sp³-hybridized carbons (Fsp3) is 0.533. The number of piperidine rings is 1. The molecule has 2 rings (SSSR count). The van der Waals surface area contributed by atoms with Crippen LogP contribution in [-0.2, 0) is 9.59 Å². The lowest BCUT2D eigenvalue weighted by Gasteiger charge is -2.31. The second-order valence-corrected chi connectivity index (χ2v) is 7.24. The predicted octanol–water partition coefficient (Wildman–Crippen LogP) is 1.87. The molecule has 0 unspecified atom stereocenters. The monoisotopic (exact) mass is 356 g/mol. The summed E-state index contributed by atoms with van der Waals surface area (Å²) in [6.45, 7) is 0.891. The van der Waals surface area contributed by atoms with Gasteiger partial charge in [-0.3, -0.25) is 14.4 Å². The average molecular weight is 356 g/mol. The topological polar surface area (TPSA) is 77.9 Å². The highest BCUT2D eigenvalue weighted by Gasteiger charge is 2.28. The third kappa shape index (κ3) is 4.26. The maximum atomic E-state index is 12.4. The normalized spacial score (nSPS) is 15.5. The van der Waals surface area contributed by atoms with Gasteiger partial charge in [0.2, 0.25) is 5.91 Å². The van der Waals surface area contributed by atoms with Crippen molar-refractivity contribution >= 4 is 40.9 Å². The van der Waals surface area contributed by atoms with Crippen LogP contribution in [0.2, 0.25) is 0 Å². The van der Waals surface area contributed by atoms with Crippen LogP contribution in [0.25, 0.3) is 0 Å². The Morgan fingerprint density at radius 3 is 2.61 bits per heavy atom. The van der Waals surface area contributed by atoms with Crippen LogP contribution in [0.4, 0.5) is 0 Å². The lowest BCUT2D eigenvalue weighted by Crippen LogP contribution is -2.45. The number of carboxylic acids is 1. The number of nitrogens with zero attached hydrogens (tertiary/aromatic N) is 2. The third-order valence-electron chi connectivity index (χ3n) is 3.96. The van der Waals surface area contributed by atoms with Crippen molar-refractivity contribution in [2.75, 3.05) is 32.9 Å². The van der Waals surface area contributed by atoms with E-state index < -0.39 is 5.97 Å². The first-order valence-electron chi connectivity index (χ1n) is 7.31. The van der Waals surface area contributed by atoms with E-state index in [0.717, 1.165) is 4.90 Å². The molecule has 1 aromatic heterocycles. The Kier molecular flexibility index (Phi) is 6.06. The molecule has 6 nitrogen and oxygen atoms in total. The van der Waals surface area contributed by atoms with Gasteiger partial charge in [-0.15, -0.1) is 23.1 Å². The van der Waals surface area contributed by atoms with E-state index in [4.69, 9.17) is 5.11 Å². The van der Waals surface area contributed by atoms with Gasteiger partial charge in [0.05, 0.1) is 12.5 Å². The summed E-state index contributed by atoms with van der Waals surface area (Å²) in [4.78, 5) is 40.3. The highest BCUT2D eigenvalue weighted by Crippen LogP contribution is 2.26. The van der Waals surface area contributed by atoms with E-state index >= 15 is 0 Å². The standard InChI is InChI=1S/C15H20N2O4S2/c1-16(14(19)13-11(22-2)5-8-23-13)9-12(18)17-6-3-10(4-7-17)15(20)21/h5,8,10H,3-4,6-7,9H2,1-2H3,(H,20,21). The number of hydrogen-bond donors (Lipinski definition) is 1. The van der Waals surface area contributed by atoms with Gasteiger partial charge in [0.25, 0.3) is 5.91 Å². The lowest BCUT2D eigenvalue weighted by atomic mass is 9.97. The van der Waals surface area contributed by atoms with Crippen molar-refractivity contribution in [3.8, 4) is 0 Å². The van der Waals surface area contributed by atoms with Crippen LogP contribution in [0.5, 0.6) is 0 Å². The molecule has 23 heavy (non-hydrogen) atoms. The van der Waals surface area contributed by atoms with E-state index in [2.05, 4.69) is 0 Å². The highest BCUT2D eigenvalue weighted by molar-refractivity contribution is 7.98. The molecule has 0 radical (unpaired) electrons. The van der Waals surface area contributed by atoms with Crippen molar-refractivity contribution in [2.24, 2.45) is 5.92 Å². The maximum absolute atomic E-state index is 12.4. The minimum Gasteiger partial charge on any atom is -0.481 e. The highest BCUT2D eigenvalue weighted by atomic mass is 32.2. The summed E-state index contributed by atoms with van der Waals surface area (Å²) in [5.74, 6) is -1.45. The molecule has 0 bridgehead atoms. The number of amides is 2. The summed E-state index contributed by atoms with van der Waals surface area (Å²) in [6, 6.07) is 1.90. The average Bonchev–Trinajstić information content (AvgIpc) is 3.02. The molecule has 2 heterocycles. The summed E-state index contributed by atoms with van der Waals surface area (Å²) < 4.78 is 0. The Balaban J connectivity index is 1.90. The fourth-order valence-electron chi connectivity index (χ4n) is 2.54. The second kappa shape index (κ2) is 7.83. The Labute approximate surface area is 143 Å². The summed E-state index contributed by atoms with van der Waals surface area (Å²) in [5, 5.41) is 10.8. The van der Waals surface area contributed by atoms with Crippen molar-refractivity contribution in [3.63, 3.8) is 0 Å². The zero-order valence-electron chi connectivity index (χ0n) is 13.2. The Morgan fingerprint density at radius 2 is 2.04 bits per heavy atom. The maximum Gasteiger partial charge on any atom is 0.306 e. The number of rotatable bonds is 5. The van der Waals surface area contributed by atoms with Gasteiger partial charge >= 0.3 is 5.97 Å². The molecule has 1 aliphatic rings. The molecular weight excluding hydrogens is 336 g/mol. The zero-order valence-corrected chi connectivity index (χ0v) is 14.8. The summed E-state index contributed by atoms with van der Waals surface area (Å²) in [7, 11) is 1.62. The van der Waals surface area contributed by atoms with Gasteiger partial charge in [-0.1, -0.05) is 0 Å². The molecule has 1 aromatic rings. The first-order chi connectivity index (χ1) is 10.9. The number of likely N-dealkylation sites (tertiary alicyclic amines) is 1. The van der Waals surface area contributed by atoms with E-state index in [1.54, 1.807) is 11.9 Å². The van der Waals surface area contributed by atoms with E-state index in [1.807, 2.05) is 17.7 Å². The molecule has 126 valence electrons. The number of carbonyl (C=O) groups excluding carboxylic acids is 2. The van der Waals surface area contributed by atoms with Crippen LogP contribution < -0.4 is 0 Å². The molecule has 1 aliphatic heterocycles. The van der Waals surface area contributed by atoms with Gasteiger partial charge in [-0.2, -0.15) is 0 Å². The quantitative estimate of drug-likeness (QED) is 0.815. The minimum absolute atomic E-state index is 0.0162. The molecule has 1 fully saturated rings. The zero-order chi connectivity index (χ0) is 17.0. The van der Waals surface area contributed by atoms with Crippen LogP contribution in [0.1, 0.15) is 22.5 Å². The molecule has 0 spiro atoms. The molecule has 8 heteroatoms. The first-order valence-corrected chi connectivity index (χ1v) is 9.42. The van der Waals surface area contributed by atoms with Gasteiger partial charge < -0.3 is 14.9 Å². The molecule has 1 saturated heterocycles. The number of thioether (sulfide) groups is 1. The number of thiophene rings is 1. The Bertz CT molecular complexity index is 594. The Hall–Kier alpha value is -1.54. The predicted molar refractivity (Wildman–Crippen MR) is 90.0 cm³/mol. The summed E-state index contributed by atoms with van der Waals surface area (Å²) in [6.07, 6.45) is 2.86. The first kappa shape index (κ1) is 17.8. The number of carboxylic acid groups (broad SMARTS) is 1. The number of likely N-dealkylation sites (N-methyl/N-ethyl adjacent to an activating group) is 1. The van der Waals surface area contributed by atoms with Crippen molar-refractivity contribution in [3.05, 3.63) is 16.3 Å². The SMILES string of the molecule is CSc1ccsc1C(=O)N(C)CC(=O)N1CCC(C(=O)O)CC1. The number of hydrogen-bond acceptors (Lipinski definition) is 5. The van der Waals surface area contributed by atoms with Crippen LogP contribution in [-0.4, -0.2) is 65.6 Å². The smallest absolute Gasteiger partial charge is 0.306 e. The largest absolute Gasteiger partial charge is 0.481 e. The van der Waals surface area contributed by atoms with E-state index in [1.165, 1.54) is 28.0 Å². The van der Waals surface area contributed by atoms with Gasteiger partial charge in [0.1, 0.15) is 4.88 Å². The van der Waals surface area contributed by atoms with Crippen molar-refractivity contribution < 1.29 is 19.5 Å². The van der Waals surface area contributed by atoms with Crippen molar-refractivity contribution in [2.45, 2.75) is 17.7 Å². The van der Waals surface area contributed by atoms with Crippen LogP contribution in [0.15, 0.2) is 16.3 Å². The van der Waals surface area contributed by atoms with E-state index in [-0.39, 0.29) is 24.3 Å². The van der Waals surface area contributed by atoms with E-state index in [0.29, 0.717) is 30.8 Å². The molecule has 0 saturated carbocycles. The Morgan fingerprint density at radius 1 is 1.39 bits per heavy atom. The lowest BCUT2D eigenvalue weighted by molar-refractivity contribution is -0.145. The summed E-state index contributed by atoms with van der Waals surface area (Å²) >= 11 is 2.88. The third-order valence-corrected chi connectivity index (χ3v) is 5.77. The van der Waals surface area contributed by atoms with Crippen molar-refractivity contribution in [1.29, 1.82) is 0 Å². The van der Waals surface area contributed by atoms with Gasteiger partial charge in [-0.05, 0) is 30.5 Å². The van der Waals surface area contributed by atoms with Crippen LogP contribution in [0, 0.1) is 5.92 Å². The summed E-state index contributed by atoms with van der Waals surface area (Å²) in [5.41, 5.74) is 0. The van der Waals surface area contributed by atoms with Gasteiger partial charge in [-0.25, -0.2) is 0 Å². The van der Waals surface area contributed by atoms with Crippen molar-refractivity contribution in [1.82, 2.24) is 9.80 Å². The number of aliphatic carboxylic acids is 1.